The summed E-state index contributed by atoms with van der Waals surface area (Å²) in [6.07, 6.45) is 0.285. The van der Waals surface area contributed by atoms with Gasteiger partial charge < -0.3 is 15.3 Å². The lowest BCUT2D eigenvalue weighted by Crippen LogP contribution is -2.49. The summed E-state index contributed by atoms with van der Waals surface area (Å²) in [6.45, 7) is 10.8. The molecular formula is C11H22N4O2. The van der Waals surface area contributed by atoms with E-state index in [4.69, 9.17) is 4.74 Å². The van der Waals surface area contributed by atoms with Crippen LogP contribution in [0.4, 0.5) is 0 Å². The van der Waals surface area contributed by atoms with E-state index in [2.05, 4.69) is 27.4 Å². The number of hydrogen-bond acceptors (Lipinski definition) is 5. The highest BCUT2D eigenvalue weighted by molar-refractivity contribution is 6.40. The van der Waals surface area contributed by atoms with Gasteiger partial charge in [0.15, 0.2) is 5.84 Å². The minimum atomic E-state index is -1.14. The molecule has 0 radical (unpaired) electrons. The Hall–Kier alpha value is -1.24. The molecule has 3 N–H and O–H groups in total. The molecule has 0 fully saturated rings. The maximum Gasteiger partial charge on any atom is 0.231 e. The third-order valence-corrected chi connectivity index (χ3v) is 1.63. The Bertz CT molecular complexity index is 305. The molecule has 6 nitrogen and oxygen atoms in total. The Morgan fingerprint density at radius 1 is 1.47 bits per heavy atom. The number of nitrogens with zero attached hydrogens (tertiary/aromatic N) is 2. The number of aliphatic hydroxyl groups excluding tert-OH is 1. The van der Waals surface area contributed by atoms with Crippen molar-refractivity contribution in [1.82, 2.24) is 10.9 Å². The third-order valence-electron chi connectivity index (χ3n) is 1.63. The van der Waals surface area contributed by atoms with Crippen molar-refractivity contribution >= 4 is 11.5 Å². The van der Waals surface area contributed by atoms with Gasteiger partial charge in [0, 0.05) is 13.2 Å². The second kappa shape index (κ2) is 7.16. The minimum Gasteiger partial charge on any atom is -0.355 e. The molecule has 0 heterocycles. The zero-order valence-electron chi connectivity index (χ0n) is 11.1. The zero-order chi connectivity index (χ0) is 13.5. The van der Waals surface area contributed by atoms with E-state index in [0.717, 1.165) is 0 Å². The summed E-state index contributed by atoms with van der Waals surface area (Å²) in [5.41, 5.74) is 5.50. The molecule has 0 aromatic carbocycles. The number of hydrazine groups is 1. The first-order valence-corrected chi connectivity index (χ1v) is 5.30. The molecule has 0 saturated heterocycles. The standard InChI is InChI=1S/C11H22N4O2/c1-7-13-8(2)9(12-6)14-15-10(16)17-11(3,4)5/h7,10,15-16H,1H2,2-6H3,(H,12,14)/b13-8+. The Morgan fingerprint density at radius 3 is 2.47 bits per heavy atom. The summed E-state index contributed by atoms with van der Waals surface area (Å²) in [5.74, 6) is 0.501. The molecule has 0 aromatic rings. The van der Waals surface area contributed by atoms with Crippen LogP contribution in [0, 0.1) is 0 Å². The molecule has 17 heavy (non-hydrogen) atoms. The van der Waals surface area contributed by atoms with Crippen molar-refractivity contribution in [2.45, 2.75) is 39.7 Å². The Balaban J connectivity index is 4.26. The predicted molar refractivity (Wildman–Crippen MR) is 69.8 cm³/mol. The molecule has 0 bridgehead atoms. The van der Waals surface area contributed by atoms with Gasteiger partial charge in [0.05, 0.1) is 11.3 Å². The fraction of sp³-hybridized carbons (Fsp3) is 0.636. The fourth-order valence-electron chi connectivity index (χ4n) is 1.00. The van der Waals surface area contributed by atoms with Crippen LogP contribution >= 0.6 is 0 Å². The van der Waals surface area contributed by atoms with Gasteiger partial charge in [-0.25, -0.2) is 0 Å². The summed E-state index contributed by atoms with van der Waals surface area (Å²) < 4.78 is 5.24. The van der Waals surface area contributed by atoms with Gasteiger partial charge in [-0.15, -0.1) is 0 Å². The van der Waals surface area contributed by atoms with Gasteiger partial charge in [0.25, 0.3) is 0 Å². The van der Waals surface area contributed by atoms with Crippen LogP contribution in [0.5, 0.6) is 0 Å². The maximum absolute atomic E-state index is 9.53. The van der Waals surface area contributed by atoms with Gasteiger partial charge in [-0.1, -0.05) is 6.58 Å². The molecule has 0 aliphatic rings. The van der Waals surface area contributed by atoms with Crippen LogP contribution < -0.4 is 10.9 Å². The number of amidine groups is 1. The van der Waals surface area contributed by atoms with E-state index in [0.29, 0.717) is 11.5 Å². The van der Waals surface area contributed by atoms with Crippen molar-refractivity contribution in [3.05, 3.63) is 12.8 Å². The summed E-state index contributed by atoms with van der Waals surface area (Å²) in [5, 5.41) is 9.53. The van der Waals surface area contributed by atoms with E-state index in [9.17, 15) is 5.11 Å². The highest BCUT2D eigenvalue weighted by Gasteiger charge is 2.16. The smallest absolute Gasteiger partial charge is 0.231 e. The quantitative estimate of drug-likeness (QED) is 0.288. The van der Waals surface area contributed by atoms with E-state index in [1.54, 1.807) is 14.0 Å². The van der Waals surface area contributed by atoms with Crippen molar-refractivity contribution < 1.29 is 9.84 Å². The largest absolute Gasteiger partial charge is 0.355 e. The summed E-state index contributed by atoms with van der Waals surface area (Å²) in [7, 11) is 1.61. The highest BCUT2D eigenvalue weighted by atomic mass is 16.6. The number of aliphatic imine (C=N–C) groups is 2. The van der Waals surface area contributed by atoms with Crippen molar-refractivity contribution in [3.8, 4) is 0 Å². The topological polar surface area (TPSA) is 78.2 Å². The van der Waals surface area contributed by atoms with E-state index in [-0.39, 0.29) is 0 Å². The highest BCUT2D eigenvalue weighted by Crippen LogP contribution is 2.07. The van der Waals surface area contributed by atoms with Crippen molar-refractivity contribution in [3.63, 3.8) is 0 Å². The van der Waals surface area contributed by atoms with E-state index < -0.39 is 12.0 Å². The lowest BCUT2D eigenvalue weighted by atomic mass is 10.2. The van der Waals surface area contributed by atoms with Crippen LogP contribution in [-0.4, -0.2) is 35.7 Å². The number of aliphatic hydroxyl groups is 1. The van der Waals surface area contributed by atoms with Crippen LogP contribution in [-0.2, 0) is 4.74 Å². The zero-order valence-corrected chi connectivity index (χ0v) is 11.1. The molecule has 0 rings (SSSR count). The second-order valence-corrected chi connectivity index (χ2v) is 4.32. The predicted octanol–water partition coefficient (Wildman–Crippen LogP) is 0.804. The first-order chi connectivity index (χ1) is 7.80. The van der Waals surface area contributed by atoms with Gasteiger partial charge in [0.2, 0.25) is 6.41 Å². The van der Waals surface area contributed by atoms with Crippen LogP contribution in [0.2, 0.25) is 0 Å². The average Bonchev–Trinajstić information content (AvgIpc) is 2.16. The molecule has 0 amide bonds. The molecule has 0 spiro atoms. The number of nitrogens with one attached hydrogen (secondary N) is 2. The molecule has 0 aromatic heterocycles. The normalized spacial score (nSPS) is 15.6. The average molecular weight is 242 g/mol. The number of hydrogen-bond donors (Lipinski definition) is 3. The van der Waals surface area contributed by atoms with Crippen LogP contribution in [0.25, 0.3) is 0 Å². The molecule has 0 aliphatic carbocycles. The summed E-state index contributed by atoms with van der Waals surface area (Å²) in [4.78, 5) is 7.95. The van der Waals surface area contributed by atoms with Crippen LogP contribution in [0.3, 0.4) is 0 Å². The molecule has 1 unspecified atom stereocenters. The lowest BCUT2D eigenvalue weighted by Gasteiger charge is -2.25. The van der Waals surface area contributed by atoms with Crippen molar-refractivity contribution in [1.29, 1.82) is 0 Å². The van der Waals surface area contributed by atoms with Crippen molar-refractivity contribution in [2.24, 2.45) is 9.98 Å². The monoisotopic (exact) mass is 242 g/mol. The van der Waals surface area contributed by atoms with Crippen LogP contribution in [0.15, 0.2) is 22.8 Å². The van der Waals surface area contributed by atoms with Gasteiger partial charge in [-0.2, -0.15) is 5.43 Å². The van der Waals surface area contributed by atoms with Gasteiger partial charge in [-0.05, 0) is 27.7 Å². The van der Waals surface area contributed by atoms with E-state index in [1.165, 1.54) is 6.20 Å². The minimum absolute atomic E-state index is 0.443. The number of rotatable bonds is 5. The van der Waals surface area contributed by atoms with Gasteiger partial charge in [0.1, 0.15) is 0 Å². The fourth-order valence-corrected chi connectivity index (χ4v) is 1.00. The summed E-state index contributed by atoms with van der Waals surface area (Å²) >= 11 is 0. The van der Waals surface area contributed by atoms with Crippen LogP contribution in [0.1, 0.15) is 27.7 Å². The lowest BCUT2D eigenvalue weighted by molar-refractivity contribution is -0.184. The Labute approximate surface area is 102 Å². The molecule has 98 valence electrons. The third kappa shape index (κ3) is 7.62. The molecule has 0 aliphatic heterocycles. The SMILES string of the molecule is C=C/N=C(C)/C(=N\C)NNC(O)OC(C)(C)C. The van der Waals surface area contributed by atoms with Crippen molar-refractivity contribution in [2.75, 3.05) is 7.05 Å². The van der Waals surface area contributed by atoms with Gasteiger partial charge >= 0.3 is 0 Å². The molecule has 1 atom stereocenters. The van der Waals surface area contributed by atoms with E-state index >= 15 is 0 Å². The Kier molecular flexibility index (Phi) is 6.64. The second-order valence-electron chi connectivity index (χ2n) is 4.32. The number of ether oxygens (including phenoxy) is 1. The maximum atomic E-state index is 9.53. The molecule has 0 saturated carbocycles. The summed E-state index contributed by atoms with van der Waals surface area (Å²) in [6, 6.07) is 0. The Morgan fingerprint density at radius 2 is 2.06 bits per heavy atom. The van der Waals surface area contributed by atoms with Gasteiger partial charge in [-0.3, -0.25) is 9.98 Å². The molecular weight excluding hydrogens is 220 g/mol. The van der Waals surface area contributed by atoms with E-state index in [1.807, 2.05) is 20.8 Å². The molecule has 6 heteroatoms. The first kappa shape index (κ1) is 15.8. The first-order valence-electron chi connectivity index (χ1n) is 5.30.